The molecule has 5 nitrogen and oxygen atoms in total. The highest BCUT2D eigenvalue weighted by molar-refractivity contribution is 7.11. The maximum Gasteiger partial charge on any atom is 0.248 e. The molecule has 3 N–H and O–H groups in total. The summed E-state index contributed by atoms with van der Waals surface area (Å²) in [6, 6.07) is 16.2. The number of nitrogens with two attached hydrogens (primary N) is 1. The van der Waals surface area contributed by atoms with Crippen LogP contribution in [0.25, 0.3) is 16.8 Å². The van der Waals surface area contributed by atoms with E-state index in [-0.39, 0.29) is 0 Å². The van der Waals surface area contributed by atoms with Crippen molar-refractivity contribution in [1.82, 2.24) is 4.98 Å². The average Bonchev–Trinajstić information content (AvgIpc) is 3.13. The van der Waals surface area contributed by atoms with Crippen LogP contribution in [0.15, 0.2) is 60.1 Å². The van der Waals surface area contributed by atoms with Crippen molar-refractivity contribution in [2.24, 2.45) is 5.73 Å². The predicted octanol–water partition coefficient (Wildman–Crippen LogP) is 4.54. The van der Waals surface area contributed by atoms with Gasteiger partial charge in [-0.1, -0.05) is 23.7 Å². The first kappa shape index (κ1) is 17.7. The molecule has 0 radical (unpaired) electrons. The summed E-state index contributed by atoms with van der Waals surface area (Å²) in [4.78, 5) is 15.6. The van der Waals surface area contributed by atoms with Gasteiger partial charge in [-0.2, -0.15) is 5.26 Å². The van der Waals surface area contributed by atoms with E-state index >= 15 is 0 Å². The van der Waals surface area contributed by atoms with E-state index in [0.29, 0.717) is 21.2 Å². The number of benzene rings is 2. The summed E-state index contributed by atoms with van der Waals surface area (Å²) in [6.07, 6.45) is 1.59. The Labute approximate surface area is 159 Å². The van der Waals surface area contributed by atoms with Crippen LogP contribution in [0.3, 0.4) is 0 Å². The SMILES string of the molecule is N#C/C(=C/Nc1ccc(C(N)=O)cc1)c1nc(-c2ccc(Cl)cc2)cs1. The number of nitrogens with one attached hydrogen (secondary N) is 1. The van der Waals surface area contributed by atoms with Crippen LogP contribution in [0.2, 0.25) is 5.02 Å². The van der Waals surface area contributed by atoms with E-state index in [0.717, 1.165) is 16.9 Å². The van der Waals surface area contributed by atoms with E-state index in [9.17, 15) is 10.1 Å². The number of anilines is 1. The van der Waals surface area contributed by atoms with Crippen molar-refractivity contribution in [3.63, 3.8) is 0 Å². The molecule has 0 atom stereocenters. The number of nitrogens with zero attached hydrogens (tertiary/aromatic N) is 2. The summed E-state index contributed by atoms with van der Waals surface area (Å²) in [5.74, 6) is -0.484. The molecule has 0 aliphatic carbocycles. The first-order chi connectivity index (χ1) is 12.6. The van der Waals surface area contributed by atoms with Crippen LogP contribution in [0.4, 0.5) is 5.69 Å². The van der Waals surface area contributed by atoms with E-state index in [4.69, 9.17) is 17.3 Å². The van der Waals surface area contributed by atoms with Crippen LogP contribution in [0.1, 0.15) is 15.4 Å². The van der Waals surface area contributed by atoms with Gasteiger partial charge in [0, 0.05) is 33.4 Å². The van der Waals surface area contributed by atoms with Gasteiger partial charge in [0.2, 0.25) is 5.91 Å². The number of thiazole rings is 1. The van der Waals surface area contributed by atoms with E-state index < -0.39 is 5.91 Å². The third-order valence-corrected chi connectivity index (χ3v) is 4.68. The van der Waals surface area contributed by atoms with Crippen molar-refractivity contribution in [1.29, 1.82) is 5.26 Å². The summed E-state index contributed by atoms with van der Waals surface area (Å²) in [5, 5.41) is 15.6. The smallest absolute Gasteiger partial charge is 0.248 e. The number of halogens is 1. The lowest BCUT2D eigenvalue weighted by atomic mass is 10.2. The topological polar surface area (TPSA) is 91.8 Å². The molecule has 0 spiro atoms. The molecule has 128 valence electrons. The van der Waals surface area contributed by atoms with Gasteiger partial charge < -0.3 is 11.1 Å². The monoisotopic (exact) mass is 380 g/mol. The van der Waals surface area contributed by atoms with Crippen molar-refractivity contribution >= 4 is 40.1 Å². The van der Waals surface area contributed by atoms with Gasteiger partial charge in [0.25, 0.3) is 0 Å². The maximum absolute atomic E-state index is 11.1. The molecule has 0 aliphatic rings. The second-order valence-electron chi connectivity index (χ2n) is 5.30. The van der Waals surface area contributed by atoms with Gasteiger partial charge in [0.1, 0.15) is 16.6 Å². The predicted molar refractivity (Wildman–Crippen MR) is 105 cm³/mol. The number of hydrogen-bond donors (Lipinski definition) is 2. The summed E-state index contributed by atoms with van der Waals surface area (Å²) < 4.78 is 0. The van der Waals surface area contributed by atoms with Gasteiger partial charge in [-0.3, -0.25) is 4.79 Å². The van der Waals surface area contributed by atoms with Gasteiger partial charge >= 0.3 is 0 Å². The minimum Gasteiger partial charge on any atom is -0.366 e. The minimum absolute atomic E-state index is 0.411. The van der Waals surface area contributed by atoms with Crippen LogP contribution in [-0.4, -0.2) is 10.9 Å². The van der Waals surface area contributed by atoms with Crippen LogP contribution in [0.5, 0.6) is 0 Å². The zero-order valence-corrected chi connectivity index (χ0v) is 15.0. The van der Waals surface area contributed by atoms with Gasteiger partial charge in [0.05, 0.1) is 5.69 Å². The van der Waals surface area contributed by atoms with Gasteiger partial charge in [0.15, 0.2) is 0 Å². The second kappa shape index (κ2) is 7.83. The molecule has 7 heteroatoms. The number of carbonyl (C=O) groups excluding carboxylic acids is 1. The first-order valence-electron chi connectivity index (χ1n) is 7.55. The third-order valence-electron chi connectivity index (χ3n) is 3.55. The minimum atomic E-state index is -0.484. The quantitative estimate of drug-likeness (QED) is 0.635. The molecule has 0 saturated heterocycles. The summed E-state index contributed by atoms with van der Waals surface area (Å²) >= 11 is 7.29. The fourth-order valence-corrected chi connectivity index (χ4v) is 3.10. The highest BCUT2D eigenvalue weighted by atomic mass is 35.5. The standard InChI is InChI=1S/C19H13ClN4OS/c20-15-5-1-12(2-6-15)17-11-26-19(24-17)14(9-21)10-23-16-7-3-13(4-8-16)18(22)25/h1-8,10-11,23H,(H2,22,25)/b14-10-. The Balaban J connectivity index is 1.78. The van der Waals surface area contributed by atoms with E-state index in [1.807, 2.05) is 17.5 Å². The molecular formula is C19H13ClN4OS. The molecule has 0 saturated carbocycles. The van der Waals surface area contributed by atoms with Crippen LogP contribution in [-0.2, 0) is 0 Å². The Bertz CT molecular complexity index is 1000. The van der Waals surface area contributed by atoms with Crippen molar-refractivity contribution < 1.29 is 4.79 Å². The molecule has 1 aromatic heterocycles. The number of primary amides is 1. The molecule has 1 amide bonds. The van der Waals surface area contributed by atoms with Gasteiger partial charge in [-0.25, -0.2) is 4.98 Å². The zero-order valence-electron chi connectivity index (χ0n) is 13.4. The number of hydrogen-bond acceptors (Lipinski definition) is 5. The molecule has 0 unspecified atom stereocenters. The molecule has 3 rings (SSSR count). The lowest BCUT2D eigenvalue weighted by Gasteiger charge is -2.02. The van der Waals surface area contributed by atoms with Gasteiger partial charge in [-0.15, -0.1) is 11.3 Å². The zero-order chi connectivity index (χ0) is 18.5. The lowest BCUT2D eigenvalue weighted by molar-refractivity contribution is 0.100. The average molecular weight is 381 g/mol. The van der Waals surface area contributed by atoms with Crippen molar-refractivity contribution in [2.45, 2.75) is 0 Å². The maximum atomic E-state index is 11.1. The number of rotatable bonds is 5. The summed E-state index contributed by atoms with van der Waals surface area (Å²) in [6.45, 7) is 0. The Morgan fingerprint density at radius 1 is 1.19 bits per heavy atom. The number of carbonyl (C=O) groups is 1. The fourth-order valence-electron chi connectivity index (χ4n) is 2.18. The highest BCUT2D eigenvalue weighted by Gasteiger charge is 2.09. The number of nitriles is 1. The Morgan fingerprint density at radius 3 is 2.50 bits per heavy atom. The molecule has 2 aromatic carbocycles. The number of amides is 1. The Hall–Kier alpha value is -3.14. The fraction of sp³-hybridized carbons (Fsp3) is 0. The molecule has 3 aromatic rings. The molecule has 0 bridgehead atoms. The van der Waals surface area contributed by atoms with Gasteiger partial charge in [-0.05, 0) is 36.4 Å². The van der Waals surface area contributed by atoms with Crippen molar-refractivity contribution in [3.05, 3.63) is 75.7 Å². The molecule has 1 heterocycles. The summed E-state index contributed by atoms with van der Waals surface area (Å²) in [5.41, 5.74) is 8.50. The first-order valence-corrected chi connectivity index (χ1v) is 8.81. The normalized spacial score (nSPS) is 11.0. The molecule has 0 fully saturated rings. The number of aromatic nitrogens is 1. The largest absolute Gasteiger partial charge is 0.366 e. The van der Waals surface area contributed by atoms with Crippen molar-refractivity contribution in [3.8, 4) is 17.3 Å². The van der Waals surface area contributed by atoms with E-state index in [1.54, 1.807) is 42.6 Å². The highest BCUT2D eigenvalue weighted by Crippen LogP contribution is 2.27. The van der Waals surface area contributed by atoms with Crippen molar-refractivity contribution in [2.75, 3.05) is 5.32 Å². The Kier molecular flexibility index (Phi) is 5.32. The van der Waals surface area contributed by atoms with Crippen LogP contribution in [0, 0.1) is 11.3 Å². The number of allylic oxidation sites excluding steroid dienone is 1. The third kappa shape index (κ3) is 4.09. The lowest BCUT2D eigenvalue weighted by Crippen LogP contribution is -2.10. The summed E-state index contributed by atoms with van der Waals surface area (Å²) in [7, 11) is 0. The molecule has 0 aliphatic heterocycles. The van der Waals surface area contributed by atoms with E-state index in [2.05, 4.69) is 16.4 Å². The molecule has 26 heavy (non-hydrogen) atoms. The van der Waals surface area contributed by atoms with Crippen LogP contribution < -0.4 is 11.1 Å². The Morgan fingerprint density at radius 2 is 1.88 bits per heavy atom. The molecular weight excluding hydrogens is 368 g/mol. The van der Waals surface area contributed by atoms with E-state index in [1.165, 1.54) is 11.3 Å². The second-order valence-corrected chi connectivity index (χ2v) is 6.60. The van der Waals surface area contributed by atoms with Crippen LogP contribution >= 0.6 is 22.9 Å².